The Morgan fingerprint density at radius 3 is 2.80 bits per heavy atom. The Balaban J connectivity index is 2.19. The van der Waals surface area contributed by atoms with Gasteiger partial charge in [0.15, 0.2) is 0 Å². The van der Waals surface area contributed by atoms with Gasteiger partial charge in [-0.1, -0.05) is 40.2 Å². The molecule has 0 nitrogen and oxygen atoms in total. The van der Waals surface area contributed by atoms with Crippen LogP contribution >= 0.6 is 27.7 Å². The predicted octanol–water partition coefficient (Wildman–Crippen LogP) is 4.58. The summed E-state index contributed by atoms with van der Waals surface area (Å²) in [5.41, 5.74) is 3.13. The maximum Gasteiger partial charge on any atom is 0.0184 e. The Bertz CT molecular complexity index is 324. The zero-order chi connectivity index (χ0) is 10.7. The molecule has 0 aliphatic heterocycles. The summed E-state index contributed by atoms with van der Waals surface area (Å²) in [6.45, 7) is 0. The van der Waals surface area contributed by atoms with Crippen molar-refractivity contribution in [1.29, 1.82) is 0 Å². The van der Waals surface area contributed by atoms with E-state index < -0.39 is 0 Å². The molecule has 0 saturated heterocycles. The Labute approximate surface area is 105 Å². The van der Waals surface area contributed by atoms with Crippen LogP contribution in [0.15, 0.2) is 24.3 Å². The van der Waals surface area contributed by atoms with Crippen molar-refractivity contribution in [2.45, 2.75) is 35.8 Å². The summed E-state index contributed by atoms with van der Waals surface area (Å²) < 4.78 is 0. The highest BCUT2D eigenvalue weighted by Crippen LogP contribution is 2.39. The minimum absolute atomic E-state index is 0.741. The van der Waals surface area contributed by atoms with Crippen LogP contribution in [0.2, 0.25) is 0 Å². The van der Waals surface area contributed by atoms with E-state index in [-0.39, 0.29) is 0 Å². The monoisotopic (exact) mass is 284 g/mol. The third-order valence-corrected chi connectivity index (χ3v) is 4.59. The Kier molecular flexibility index (Phi) is 4.15. The lowest BCUT2D eigenvalue weighted by Gasteiger charge is -2.14. The van der Waals surface area contributed by atoms with Crippen molar-refractivity contribution in [3.8, 4) is 0 Å². The van der Waals surface area contributed by atoms with E-state index in [1.807, 2.05) is 11.8 Å². The summed E-state index contributed by atoms with van der Waals surface area (Å²) in [7, 11) is 0. The summed E-state index contributed by atoms with van der Waals surface area (Å²) in [6, 6.07) is 8.95. The topological polar surface area (TPSA) is 0 Å². The fourth-order valence-electron chi connectivity index (χ4n) is 2.43. The maximum atomic E-state index is 3.73. The first-order valence-electron chi connectivity index (χ1n) is 5.52. The standard InChI is InChI=1S/C13H17BrS/c1-15-9-11-4-2-3-5-13(11)10-6-7-12(14)8-10/h2-5,10,12H,6-9H2,1H3. The molecule has 1 aromatic rings. The van der Waals surface area contributed by atoms with Gasteiger partial charge in [-0.15, -0.1) is 0 Å². The van der Waals surface area contributed by atoms with Crippen molar-refractivity contribution in [1.82, 2.24) is 0 Å². The van der Waals surface area contributed by atoms with E-state index >= 15 is 0 Å². The van der Waals surface area contributed by atoms with Crippen LogP contribution in [0.4, 0.5) is 0 Å². The van der Waals surface area contributed by atoms with Gasteiger partial charge < -0.3 is 0 Å². The SMILES string of the molecule is CSCc1ccccc1C1CCC(Br)C1. The first-order valence-corrected chi connectivity index (χ1v) is 7.83. The zero-order valence-corrected chi connectivity index (χ0v) is 11.5. The summed E-state index contributed by atoms with van der Waals surface area (Å²) in [6.07, 6.45) is 6.17. The molecule has 2 rings (SSSR count). The molecule has 0 bridgehead atoms. The number of hydrogen-bond acceptors (Lipinski definition) is 1. The molecule has 0 amide bonds. The molecule has 2 atom stereocenters. The van der Waals surface area contributed by atoms with E-state index in [4.69, 9.17) is 0 Å². The second-order valence-electron chi connectivity index (χ2n) is 4.24. The van der Waals surface area contributed by atoms with Crippen molar-refractivity contribution in [3.05, 3.63) is 35.4 Å². The second kappa shape index (κ2) is 5.40. The van der Waals surface area contributed by atoms with E-state index in [2.05, 4.69) is 46.5 Å². The second-order valence-corrected chi connectivity index (χ2v) is 6.40. The number of alkyl halides is 1. The fraction of sp³-hybridized carbons (Fsp3) is 0.538. The molecule has 1 aromatic carbocycles. The van der Waals surface area contributed by atoms with Gasteiger partial charge in [0.1, 0.15) is 0 Å². The fourth-order valence-corrected chi connectivity index (χ4v) is 3.72. The summed E-state index contributed by atoms with van der Waals surface area (Å²) >= 11 is 5.65. The van der Waals surface area contributed by atoms with Gasteiger partial charge in [-0.25, -0.2) is 0 Å². The number of rotatable bonds is 3. The average Bonchev–Trinajstić information content (AvgIpc) is 2.66. The van der Waals surface area contributed by atoms with E-state index in [9.17, 15) is 0 Å². The molecule has 1 aliphatic carbocycles. The molecule has 1 saturated carbocycles. The highest BCUT2D eigenvalue weighted by molar-refractivity contribution is 9.09. The van der Waals surface area contributed by atoms with Crippen molar-refractivity contribution < 1.29 is 0 Å². The molecule has 1 fully saturated rings. The normalized spacial score (nSPS) is 25.7. The lowest BCUT2D eigenvalue weighted by Crippen LogP contribution is -1.98. The number of halogens is 1. The third-order valence-electron chi connectivity index (χ3n) is 3.16. The van der Waals surface area contributed by atoms with Crippen molar-refractivity contribution in [3.63, 3.8) is 0 Å². The van der Waals surface area contributed by atoms with E-state index in [0.29, 0.717) is 0 Å². The zero-order valence-electron chi connectivity index (χ0n) is 9.08. The van der Waals surface area contributed by atoms with E-state index in [1.54, 1.807) is 5.56 Å². The van der Waals surface area contributed by atoms with Crippen LogP contribution in [-0.2, 0) is 5.75 Å². The highest BCUT2D eigenvalue weighted by atomic mass is 79.9. The molecule has 0 radical (unpaired) electrons. The first kappa shape index (κ1) is 11.5. The van der Waals surface area contributed by atoms with Crippen molar-refractivity contribution in [2.24, 2.45) is 0 Å². The van der Waals surface area contributed by atoms with Crippen LogP contribution in [0.3, 0.4) is 0 Å². The van der Waals surface area contributed by atoms with Crippen LogP contribution in [0.5, 0.6) is 0 Å². The lowest BCUT2D eigenvalue weighted by atomic mass is 9.94. The smallest absolute Gasteiger partial charge is 0.0184 e. The Hall–Kier alpha value is 0.0500. The van der Waals surface area contributed by atoms with Crippen LogP contribution < -0.4 is 0 Å². The van der Waals surface area contributed by atoms with Crippen LogP contribution in [0, 0.1) is 0 Å². The van der Waals surface area contributed by atoms with Crippen molar-refractivity contribution in [2.75, 3.05) is 6.26 Å². The van der Waals surface area contributed by atoms with Crippen LogP contribution in [-0.4, -0.2) is 11.1 Å². The molecule has 0 spiro atoms. The number of hydrogen-bond donors (Lipinski definition) is 0. The molecule has 2 unspecified atom stereocenters. The molecule has 0 N–H and O–H groups in total. The molecule has 15 heavy (non-hydrogen) atoms. The van der Waals surface area contributed by atoms with Gasteiger partial charge in [0.25, 0.3) is 0 Å². The predicted molar refractivity (Wildman–Crippen MR) is 73.0 cm³/mol. The molecule has 2 heteroatoms. The quantitative estimate of drug-likeness (QED) is 0.732. The molecular weight excluding hydrogens is 268 g/mol. The number of thioether (sulfide) groups is 1. The van der Waals surface area contributed by atoms with Gasteiger partial charge in [-0.05, 0) is 42.6 Å². The Morgan fingerprint density at radius 1 is 1.33 bits per heavy atom. The van der Waals surface area contributed by atoms with E-state index in [1.165, 1.54) is 24.8 Å². The average molecular weight is 285 g/mol. The third kappa shape index (κ3) is 2.79. The van der Waals surface area contributed by atoms with Gasteiger partial charge in [0, 0.05) is 10.6 Å². The van der Waals surface area contributed by atoms with Gasteiger partial charge in [0.05, 0.1) is 0 Å². The van der Waals surface area contributed by atoms with Gasteiger partial charge in [-0.2, -0.15) is 11.8 Å². The number of benzene rings is 1. The lowest BCUT2D eigenvalue weighted by molar-refractivity contribution is 0.719. The molecule has 1 aliphatic rings. The van der Waals surface area contributed by atoms with Crippen molar-refractivity contribution >= 4 is 27.7 Å². The summed E-state index contributed by atoms with van der Waals surface area (Å²) in [5, 5.41) is 0. The molecule has 82 valence electrons. The molecule has 0 heterocycles. The minimum Gasteiger partial charge on any atom is -0.161 e. The molecular formula is C13H17BrS. The van der Waals surface area contributed by atoms with Crippen LogP contribution in [0.1, 0.15) is 36.3 Å². The van der Waals surface area contributed by atoms with Crippen LogP contribution in [0.25, 0.3) is 0 Å². The van der Waals surface area contributed by atoms with Gasteiger partial charge in [0.2, 0.25) is 0 Å². The van der Waals surface area contributed by atoms with Gasteiger partial charge in [-0.3, -0.25) is 0 Å². The minimum atomic E-state index is 0.741. The maximum absolute atomic E-state index is 3.73. The summed E-state index contributed by atoms with van der Waals surface area (Å²) in [5.74, 6) is 1.94. The highest BCUT2D eigenvalue weighted by Gasteiger charge is 2.25. The first-order chi connectivity index (χ1) is 7.31. The van der Waals surface area contributed by atoms with E-state index in [0.717, 1.165) is 16.5 Å². The largest absolute Gasteiger partial charge is 0.161 e. The Morgan fingerprint density at radius 2 is 2.13 bits per heavy atom. The van der Waals surface area contributed by atoms with Gasteiger partial charge >= 0.3 is 0 Å². The summed E-state index contributed by atoms with van der Waals surface area (Å²) in [4.78, 5) is 0.741. The molecule has 0 aromatic heterocycles.